The molecule has 0 bridgehead atoms. The van der Waals surface area contributed by atoms with Crippen LogP contribution in [0.4, 0.5) is 17.1 Å². The number of nitrogens with zero attached hydrogens (tertiary/aromatic N) is 1. The van der Waals surface area contributed by atoms with Crippen molar-refractivity contribution in [3.8, 4) is 11.1 Å². The van der Waals surface area contributed by atoms with Crippen LogP contribution >= 0.6 is 0 Å². The minimum atomic E-state index is -0.387. The lowest BCUT2D eigenvalue weighted by Crippen LogP contribution is -2.09. The number of anilines is 3. The highest BCUT2D eigenvalue weighted by atomic mass is 16.5. The summed E-state index contributed by atoms with van der Waals surface area (Å²) >= 11 is 0. The van der Waals surface area contributed by atoms with Crippen LogP contribution in [0.15, 0.2) is 122 Å². The van der Waals surface area contributed by atoms with Crippen molar-refractivity contribution in [1.82, 2.24) is 0 Å². The van der Waals surface area contributed by atoms with Crippen LogP contribution < -0.4 is 4.90 Å². The molecule has 3 heteroatoms. The fourth-order valence-corrected chi connectivity index (χ4v) is 3.60. The van der Waals surface area contributed by atoms with Crippen molar-refractivity contribution in [2.24, 2.45) is 0 Å². The molecule has 0 heterocycles. The summed E-state index contributed by atoms with van der Waals surface area (Å²) in [7, 11) is 0. The van der Waals surface area contributed by atoms with Gasteiger partial charge in [0, 0.05) is 29.6 Å². The van der Waals surface area contributed by atoms with E-state index in [1.54, 1.807) is 0 Å². The van der Waals surface area contributed by atoms with Gasteiger partial charge in [0.15, 0.2) is 0 Å². The molecule has 0 fully saturated rings. The molecule has 0 aliphatic rings. The Morgan fingerprint density at radius 2 is 1.16 bits per heavy atom. The Morgan fingerprint density at radius 1 is 0.688 bits per heavy atom. The molecule has 32 heavy (non-hydrogen) atoms. The van der Waals surface area contributed by atoms with Gasteiger partial charge in [-0.3, -0.25) is 0 Å². The van der Waals surface area contributed by atoms with E-state index in [-0.39, 0.29) is 5.97 Å². The zero-order chi connectivity index (χ0) is 22.2. The second kappa shape index (κ2) is 10.3. The van der Waals surface area contributed by atoms with Gasteiger partial charge < -0.3 is 9.64 Å². The van der Waals surface area contributed by atoms with E-state index in [9.17, 15) is 4.79 Å². The van der Waals surface area contributed by atoms with E-state index in [4.69, 9.17) is 4.74 Å². The Labute approximate surface area is 189 Å². The van der Waals surface area contributed by atoms with Gasteiger partial charge in [0.1, 0.15) is 0 Å². The molecule has 0 aliphatic carbocycles. The van der Waals surface area contributed by atoms with Gasteiger partial charge in [0.05, 0.1) is 6.61 Å². The standard InChI is InChI=1S/C29H25NO2/c1-2-29(31)32-22-21-23-13-15-24(16-14-23)25-17-19-28(20-18-25)30(26-9-5-3-6-10-26)27-11-7-4-8-12-27/h2-20H,1,21-22H2. The van der Waals surface area contributed by atoms with E-state index in [0.717, 1.165) is 33.8 Å². The molecule has 4 aromatic carbocycles. The Bertz CT molecular complexity index is 1110. The maximum atomic E-state index is 11.2. The lowest BCUT2D eigenvalue weighted by Gasteiger charge is -2.25. The van der Waals surface area contributed by atoms with Gasteiger partial charge in [0.25, 0.3) is 0 Å². The summed E-state index contributed by atoms with van der Waals surface area (Å²) in [6.45, 7) is 3.76. The molecule has 4 rings (SSSR count). The second-order valence-corrected chi connectivity index (χ2v) is 7.37. The van der Waals surface area contributed by atoms with Crippen LogP contribution in [0, 0.1) is 0 Å². The predicted octanol–water partition coefficient (Wildman–Crippen LogP) is 7.10. The third-order valence-electron chi connectivity index (χ3n) is 5.24. The number of carbonyl (C=O) groups excluding carboxylic acids is 1. The van der Waals surface area contributed by atoms with E-state index in [1.807, 2.05) is 12.1 Å². The predicted molar refractivity (Wildman–Crippen MR) is 131 cm³/mol. The first kappa shape index (κ1) is 21.1. The molecule has 0 saturated carbocycles. The van der Waals surface area contributed by atoms with Crippen molar-refractivity contribution in [2.75, 3.05) is 11.5 Å². The molecular formula is C29H25NO2. The third kappa shape index (κ3) is 5.13. The van der Waals surface area contributed by atoms with Gasteiger partial charge in [-0.15, -0.1) is 0 Å². The minimum absolute atomic E-state index is 0.355. The SMILES string of the molecule is C=CC(=O)OCCc1ccc(-c2ccc(N(c3ccccc3)c3ccccc3)cc2)cc1. The molecule has 0 amide bonds. The smallest absolute Gasteiger partial charge is 0.330 e. The summed E-state index contributed by atoms with van der Waals surface area (Å²) in [5.74, 6) is -0.387. The summed E-state index contributed by atoms with van der Waals surface area (Å²) < 4.78 is 5.06. The van der Waals surface area contributed by atoms with Crippen LogP contribution in [0.1, 0.15) is 5.56 Å². The molecule has 158 valence electrons. The van der Waals surface area contributed by atoms with Crippen LogP contribution in [-0.4, -0.2) is 12.6 Å². The highest BCUT2D eigenvalue weighted by Crippen LogP contribution is 2.35. The number of hydrogen-bond donors (Lipinski definition) is 0. The quantitative estimate of drug-likeness (QED) is 0.225. The first-order valence-corrected chi connectivity index (χ1v) is 10.6. The van der Waals surface area contributed by atoms with Crippen LogP contribution in [0.25, 0.3) is 11.1 Å². The van der Waals surface area contributed by atoms with Crippen LogP contribution in [0.5, 0.6) is 0 Å². The molecule has 0 aliphatic heterocycles. The van der Waals surface area contributed by atoms with Gasteiger partial charge in [0.2, 0.25) is 0 Å². The fraction of sp³-hybridized carbons (Fsp3) is 0.0690. The lowest BCUT2D eigenvalue weighted by molar-refractivity contribution is -0.137. The van der Waals surface area contributed by atoms with E-state index >= 15 is 0 Å². The Hall–Kier alpha value is -4.11. The second-order valence-electron chi connectivity index (χ2n) is 7.37. The average Bonchev–Trinajstić information content (AvgIpc) is 2.86. The maximum Gasteiger partial charge on any atom is 0.330 e. The molecule has 0 saturated heterocycles. The molecule has 0 N–H and O–H groups in total. The van der Waals surface area contributed by atoms with Crippen molar-refractivity contribution < 1.29 is 9.53 Å². The number of para-hydroxylation sites is 2. The van der Waals surface area contributed by atoms with Crippen LogP contribution in [0.3, 0.4) is 0 Å². The molecule has 0 unspecified atom stereocenters. The molecular weight excluding hydrogens is 394 g/mol. The summed E-state index contributed by atoms with van der Waals surface area (Å²) in [5, 5.41) is 0. The first-order chi connectivity index (χ1) is 15.7. The fourth-order valence-electron chi connectivity index (χ4n) is 3.60. The summed E-state index contributed by atoms with van der Waals surface area (Å²) in [5.41, 5.74) is 6.77. The molecule has 4 aromatic rings. The zero-order valence-corrected chi connectivity index (χ0v) is 17.9. The Morgan fingerprint density at radius 3 is 1.66 bits per heavy atom. The van der Waals surface area contributed by atoms with Crippen molar-refractivity contribution in [3.05, 3.63) is 127 Å². The summed E-state index contributed by atoms with van der Waals surface area (Å²) in [6.07, 6.45) is 1.87. The normalized spacial score (nSPS) is 10.4. The van der Waals surface area contributed by atoms with Gasteiger partial charge in [-0.25, -0.2) is 4.79 Å². The van der Waals surface area contributed by atoms with Gasteiger partial charge in [-0.2, -0.15) is 0 Å². The average molecular weight is 420 g/mol. The van der Waals surface area contributed by atoms with Crippen molar-refractivity contribution in [2.45, 2.75) is 6.42 Å². The molecule has 3 nitrogen and oxygen atoms in total. The third-order valence-corrected chi connectivity index (χ3v) is 5.24. The van der Waals surface area contributed by atoms with Crippen molar-refractivity contribution in [1.29, 1.82) is 0 Å². The Balaban J connectivity index is 1.53. The zero-order valence-electron chi connectivity index (χ0n) is 17.9. The van der Waals surface area contributed by atoms with Gasteiger partial charge in [-0.05, 0) is 53.1 Å². The molecule has 0 atom stereocenters. The maximum absolute atomic E-state index is 11.2. The molecule has 0 radical (unpaired) electrons. The lowest BCUT2D eigenvalue weighted by atomic mass is 10.0. The van der Waals surface area contributed by atoms with E-state index in [2.05, 4.69) is 109 Å². The number of benzene rings is 4. The largest absolute Gasteiger partial charge is 0.462 e. The number of rotatable bonds is 8. The highest BCUT2D eigenvalue weighted by Gasteiger charge is 2.11. The number of esters is 1. The minimum Gasteiger partial charge on any atom is -0.462 e. The summed E-state index contributed by atoms with van der Waals surface area (Å²) in [4.78, 5) is 13.4. The van der Waals surface area contributed by atoms with E-state index in [0.29, 0.717) is 13.0 Å². The van der Waals surface area contributed by atoms with Gasteiger partial charge in [-0.1, -0.05) is 79.4 Å². The van der Waals surface area contributed by atoms with E-state index < -0.39 is 0 Å². The van der Waals surface area contributed by atoms with Crippen LogP contribution in [0.2, 0.25) is 0 Å². The highest BCUT2D eigenvalue weighted by molar-refractivity contribution is 5.81. The monoisotopic (exact) mass is 419 g/mol. The molecule has 0 spiro atoms. The number of hydrogen-bond acceptors (Lipinski definition) is 3. The van der Waals surface area contributed by atoms with Crippen molar-refractivity contribution >= 4 is 23.0 Å². The first-order valence-electron chi connectivity index (χ1n) is 10.6. The number of carbonyl (C=O) groups is 1. The molecule has 0 aromatic heterocycles. The van der Waals surface area contributed by atoms with E-state index in [1.165, 1.54) is 6.08 Å². The topological polar surface area (TPSA) is 29.5 Å². The van der Waals surface area contributed by atoms with Crippen molar-refractivity contribution in [3.63, 3.8) is 0 Å². The Kier molecular flexibility index (Phi) is 6.78. The van der Waals surface area contributed by atoms with Gasteiger partial charge >= 0.3 is 5.97 Å². The van der Waals surface area contributed by atoms with Crippen LogP contribution in [-0.2, 0) is 16.0 Å². The number of ether oxygens (including phenoxy) is 1. The summed E-state index contributed by atoms with van der Waals surface area (Å²) in [6, 6.07) is 37.7.